The maximum atomic E-state index is 12.5. The summed E-state index contributed by atoms with van der Waals surface area (Å²) in [6, 6.07) is 11.5. The molecular formula is C20H22N4O4S. The minimum Gasteiger partial charge on any atom is -0.355 e. The molecule has 0 atom stereocenters. The van der Waals surface area contributed by atoms with Crippen LogP contribution in [0.2, 0.25) is 0 Å². The van der Waals surface area contributed by atoms with Crippen molar-refractivity contribution in [3.63, 3.8) is 0 Å². The molecule has 0 saturated carbocycles. The van der Waals surface area contributed by atoms with E-state index in [4.69, 9.17) is 4.52 Å². The molecule has 1 amide bonds. The second-order valence-corrected chi connectivity index (χ2v) is 8.17. The molecule has 0 bridgehead atoms. The number of benzene rings is 1. The van der Waals surface area contributed by atoms with Crippen molar-refractivity contribution in [2.24, 2.45) is 0 Å². The number of amides is 1. The topological polar surface area (TPSA) is 105 Å². The van der Waals surface area contributed by atoms with Gasteiger partial charge >= 0.3 is 0 Å². The lowest BCUT2D eigenvalue weighted by molar-refractivity contribution is 0.0942. The van der Waals surface area contributed by atoms with Gasteiger partial charge in [0.25, 0.3) is 5.91 Å². The Labute approximate surface area is 169 Å². The molecule has 0 aliphatic rings. The molecule has 3 aromatic rings. The van der Waals surface area contributed by atoms with Crippen LogP contribution < -0.4 is 5.32 Å². The number of nitrogens with zero attached hydrogens (tertiary/aromatic N) is 3. The van der Waals surface area contributed by atoms with E-state index in [1.54, 1.807) is 68.7 Å². The number of hydrogen-bond donors (Lipinski definition) is 1. The van der Waals surface area contributed by atoms with E-state index in [2.05, 4.69) is 15.5 Å². The number of pyridine rings is 1. The lowest BCUT2D eigenvalue weighted by Crippen LogP contribution is -2.30. The lowest BCUT2D eigenvalue weighted by Gasteiger charge is -2.18. The normalized spacial score (nSPS) is 11.6. The molecule has 0 radical (unpaired) electrons. The van der Waals surface area contributed by atoms with Gasteiger partial charge in [-0.2, -0.15) is 4.31 Å². The summed E-state index contributed by atoms with van der Waals surface area (Å²) >= 11 is 0. The minimum atomic E-state index is -3.50. The highest BCUT2D eigenvalue weighted by molar-refractivity contribution is 7.89. The van der Waals surface area contributed by atoms with Crippen molar-refractivity contribution < 1.29 is 17.7 Å². The van der Waals surface area contributed by atoms with E-state index in [1.807, 2.05) is 0 Å². The van der Waals surface area contributed by atoms with Gasteiger partial charge in [0.2, 0.25) is 10.0 Å². The van der Waals surface area contributed by atoms with Gasteiger partial charge in [-0.25, -0.2) is 8.42 Å². The van der Waals surface area contributed by atoms with Gasteiger partial charge in [-0.05, 0) is 29.8 Å². The summed E-state index contributed by atoms with van der Waals surface area (Å²) in [5, 5.41) is 6.55. The highest BCUT2D eigenvalue weighted by atomic mass is 32.2. The van der Waals surface area contributed by atoms with E-state index in [-0.39, 0.29) is 23.0 Å². The third-order valence-electron chi connectivity index (χ3n) is 4.43. The number of sulfonamides is 1. The number of aromatic nitrogens is 2. The zero-order valence-electron chi connectivity index (χ0n) is 16.2. The van der Waals surface area contributed by atoms with Crippen molar-refractivity contribution >= 4 is 15.9 Å². The van der Waals surface area contributed by atoms with Crippen molar-refractivity contribution in [3.8, 4) is 11.3 Å². The van der Waals surface area contributed by atoms with Crippen LogP contribution in [0.4, 0.5) is 0 Å². The highest BCUT2D eigenvalue weighted by Gasteiger charge is 2.21. The van der Waals surface area contributed by atoms with Crippen LogP contribution in [0.15, 0.2) is 64.3 Å². The Morgan fingerprint density at radius 2 is 1.72 bits per heavy atom. The Morgan fingerprint density at radius 3 is 2.34 bits per heavy atom. The van der Waals surface area contributed by atoms with Crippen LogP contribution >= 0.6 is 0 Å². The molecule has 0 unspecified atom stereocenters. The number of nitrogens with one attached hydrogen (secondary N) is 1. The monoisotopic (exact) mass is 414 g/mol. The van der Waals surface area contributed by atoms with E-state index in [9.17, 15) is 13.2 Å². The van der Waals surface area contributed by atoms with E-state index in [0.29, 0.717) is 18.8 Å². The Bertz CT molecular complexity index is 1060. The first kappa shape index (κ1) is 20.7. The summed E-state index contributed by atoms with van der Waals surface area (Å²) < 4.78 is 31.6. The quantitative estimate of drug-likeness (QED) is 0.608. The third kappa shape index (κ3) is 4.69. The zero-order chi connectivity index (χ0) is 20.9. The Balaban J connectivity index is 1.63. The smallest absolute Gasteiger partial charge is 0.273 e. The minimum absolute atomic E-state index is 0.164. The molecule has 0 fully saturated rings. The largest absolute Gasteiger partial charge is 0.355 e. The molecule has 1 aromatic carbocycles. The average molecular weight is 414 g/mol. The van der Waals surface area contributed by atoms with Crippen LogP contribution in [0.1, 0.15) is 29.9 Å². The molecular weight excluding hydrogens is 392 g/mol. The number of hydrogen-bond acceptors (Lipinski definition) is 6. The predicted octanol–water partition coefficient (Wildman–Crippen LogP) is 2.70. The van der Waals surface area contributed by atoms with E-state index in [0.717, 1.165) is 11.1 Å². The van der Waals surface area contributed by atoms with Crippen LogP contribution in [-0.2, 0) is 16.6 Å². The first-order valence-corrected chi connectivity index (χ1v) is 10.6. The van der Waals surface area contributed by atoms with Crippen molar-refractivity contribution in [2.45, 2.75) is 25.3 Å². The molecule has 3 rings (SSSR count). The maximum absolute atomic E-state index is 12.5. The van der Waals surface area contributed by atoms with Crippen molar-refractivity contribution in [3.05, 3.63) is 66.1 Å². The second kappa shape index (κ2) is 8.97. The standard InChI is InChI=1S/C20H22N4O4S/c1-3-24(4-2)29(26,27)17-7-5-15(6-8-17)14-22-20(25)18-13-19(28-23-18)16-9-11-21-12-10-16/h5-13H,3-4,14H2,1-2H3,(H,22,25). The van der Waals surface area contributed by atoms with Crippen molar-refractivity contribution in [1.82, 2.24) is 19.8 Å². The van der Waals surface area contributed by atoms with Crippen LogP contribution in [-0.4, -0.2) is 41.9 Å². The van der Waals surface area contributed by atoms with E-state index >= 15 is 0 Å². The van der Waals surface area contributed by atoms with Gasteiger partial charge in [-0.3, -0.25) is 9.78 Å². The molecule has 2 heterocycles. The van der Waals surface area contributed by atoms with Crippen molar-refractivity contribution in [1.29, 1.82) is 0 Å². The molecule has 8 nitrogen and oxygen atoms in total. The van der Waals surface area contributed by atoms with Gasteiger partial charge in [0.15, 0.2) is 11.5 Å². The fourth-order valence-corrected chi connectivity index (χ4v) is 4.26. The highest BCUT2D eigenvalue weighted by Crippen LogP contribution is 2.19. The molecule has 0 aliphatic carbocycles. The zero-order valence-corrected chi connectivity index (χ0v) is 17.0. The Morgan fingerprint density at radius 1 is 1.07 bits per heavy atom. The summed E-state index contributed by atoms with van der Waals surface area (Å²) in [6.07, 6.45) is 3.25. The molecule has 0 spiro atoms. The van der Waals surface area contributed by atoms with Gasteiger partial charge in [0, 0.05) is 43.7 Å². The van der Waals surface area contributed by atoms with Gasteiger partial charge < -0.3 is 9.84 Å². The molecule has 29 heavy (non-hydrogen) atoms. The van der Waals surface area contributed by atoms with Gasteiger partial charge in [-0.15, -0.1) is 0 Å². The van der Waals surface area contributed by atoms with E-state index < -0.39 is 10.0 Å². The first-order valence-electron chi connectivity index (χ1n) is 9.20. The number of carbonyl (C=O) groups excluding carboxylic acids is 1. The molecule has 9 heteroatoms. The molecule has 2 aromatic heterocycles. The van der Waals surface area contributed by atoms with Crippen LogP contribution in [0.3, 0.4) is 0 Å². The van der Waals surface area contributed by atoms with Crippen LogP contribution in [0.5, 0.6) is 0 Å². The average Bonchev–Trinajstić information content (AvgIpc) is 3.24. The lowest BCUT2D eigenvalue weighted by atomic mass is 10.2. The number of rotatable bonds is 8. The SMILES string of the molecule is CCN(CC)S(=O)(=O)c1ccc(CNC(=O)c2cc(-c3ccncc3)on2)cc1. The van der Waals surface area contributed by atoms with Crippen LogP contribution in [0, 0.1) is 0 Å². The van der Waals surface area contributed by atoms with Gasteiger partial charge in [0.05, 0.1) is 4.90 Å². The van der Waals surface area contributed by atoms with Crippen molar-refractivity contribution in [2.75, 3.05) is 13.1 Å². The molecule has 1 N–H and O–H groups in total. The van der Waals surface area contributed by atoms with Crippen LogP contribution in [0.25, 0.3) is 11.3 Å². The summed E-state index contributed by atoms with van der Waals surface area (Å²) in [4.78, 5) is 16.5. The fourth-order valence-electron chi connectivity index (χ4n) is 2.80. The summed E-state index contributed by atoms with van der Waals surface area (Å²) in [7, 11) is -3.50. The Kier molecular flexibility index (Phi) is 6.40. The van der Waals surface area contributed by atoms with E-state index in [1.165, 1.54) is 4.31 Å². The molecule has 152 valence electrons. The first-order chi connectivity index (χ1) is 14.0. The third-order valence-corrected chi connectivity index (χ3v) is 6.49. The summed E-state index contributed by atoms with van der Waals surface area (Å²) in [5.74, 6) is 0.0948. The molecule has 0 aliphatic heterocycles. The second-order valence-electron chi connectivity index (χ2n) is 6.23. The Hall–Kier alpha value is -3.04. The predicted molar refractivity (Wildman–Crippen MR) is 107 cm³/mol. The summed E-state index contributed by atoms with van der Waals surface area (Å²) in [5.41, 5.74) is 1.71. The van der Waals surface area contributed by atoms with Gasteiger partial charge in [-0.1, -0.05) is 31.1 Å². The van der Waals surface area contributed by atoms with Gasteiger partial charge in [0.1, 0.15) is 0 Å². The maximum Gasteiger partial charge on any atom is 0.273 e. The fraction of sp³-hybridized carbons (Fsp3) is 0.250. The summed E-state index contributed by atoms with van der Waals surface area (Å²) in [6.45, 7) is 4.66. The molecule has 0 saturated heterocycles. The number of carbonyl (C=O) groups is 1.